The zero-order chi connectivity index (χ0) is 20.6. The summed E-state index contributed by atoms with van der Waals surface area (Å²) in [7, 11) is 2.17. The molecule has 0 radical (unpaired) electrons. The summed E-state index contributed by atoms with van der Waals surface area (Å²) < 4.78 is 28.0. The van der Waals surface area contributed by atoms with Crippen LogP contribution in [0.25, 0.3) is 0 Å². The van der Waals surface area contributed by atoms with Gasteiger partial charge in [-0.3, -0.25) is 9.89 Å². The Morgan fingerprint density at radius 1 is 1.14 bits per heavy atom. The van der Waals surface area contributed by atoms with E-state index in [1.165, 1.54) is 37.6 Å². The summed E-state index contributed by atoms with van der Waals surface area (Å²) in [5, 5.41) is 6.90. The summed E-state index contributed by atoms with van der Waals surface area (Å²) in [5.41, 5.74) is 0.162. The van der Waals surface area contributed by atoms with E-state index in [2.05, 4.69) is 34.4 Å². The molecule has 2 N–H and O–H groups in total. The largest absolute Gasteiger partial charge is 0.357 e. The molecule has 0 aliphatic carbocycles. The molecule has 5 nitrogen and oxygen atoms in total. The maximum Gasteiger partial charge on any atom is 0.191 e. The molecule has 1 aromatic rings. The average molecular weight is 408 g/mol. The van der Waals surface area contributed by atoms with E-state index in [1.54, 1.807) is 0 Å². The predicted octanol–water partition coefficient (Wildman–Crippen LogP) is 2.83. The van der Waals surface area contributed by atoms with Gasteiger partial charge in [0.25, 0.3) is 0 Å². The van der Waals surface area contributed by atoms with Gasteiger partial charge in [-0.2, -0.15) is 0 Å². The number of hydrogen-bond donors (Lipinski definition) is 2. The highest BCUT2D eigenvalue weighted by molar-refractivity contribution is 5.80. The fourth-order valence-corrected chi connectivity index (χ4v) is 4.38. The lowest BCUT2D eigenvalue weighted by molar-refractivity contribution is 0.188. The highest BCUT2D eigenvalue weighted by Crippen LogP contribution is 2.19. The number of guanidine groups is 1. The van der Waals surface area contributed by atoms with Gasteiger partial charge in [-0.05, 0) is 70.8 Å². The molecular formula is C22H35F2N5. The van der Waals surface area contributed by atoms with Gasteiger partial charge in [-0.1, -0.05) is 6.07 Å². The Balaban J connectivity index is 1.56. The highest BCUT2D eigenvalue weighted by atomic mass is 19.1. The molecule has 2 heterocycles. The minimum Gasteiger partial charge on any atom is -0.357 e. The zero-order valence-electron chi connectivity index (χ0n) is 17.8. The van der Waals surface area contributed by atoms with Crippen molar-refractivity contribution < 1.29 is 8.78 Å². The smallest absolute Gasteiger partial charge is 0.191 e. The van der Waals surface area contributed by atoms with Crippen LogP contribution in [0, 0.1) is 17.6 Å². The predicted molar refractivity (Wildman–Crippen MR) is 114 cm³/mol. The van der Waals surface area contributed by atoms with Gasteiger partial charge in [0.1, 0.15) is 11.6 Å². The average Bonchev–Trinajstić information content (AvgIpc) is 2.70. The minimum atomic E-state index is -0.465. The summed E-state index contributed by atoms with van der Waals surface area (Å²) in [6.45, 7) is 7.91. The number of piperidine rings is 2. The maximum absolute atomic E-state index is 14.0. The first-order valence-electron chi connectivity index (χ1n) is 10.9. The molecule has 2 aliphatic heterocycles. The molecule has 162 valence electrons. The van der Waals surface area contributed by atoms with E-state index in [9.17, 15) is 8.78 Å². The Labute approximate surface area is 173 Å². The second-order valence-electron chi connectivity index (χ2n) is 8.41. The molecular weight excluding hydrogens is 372 g/mol. The first kappa shape index (κ1) is 22.0. The van der Waals surface area contributed by atoms with Crippen LogP contribution in [0.3, 0.4) is 0 Å². The van der Waals surface area contributed by atoms with Crippen LogP contribution >= 0.6 is 0 Å². The number of halogens is 2. The van der Waals surface area contributed by atoms with Crippen molar-refractivity contribution in [2.24, 2.45) is 10.9 Å². The molecule has 3 rings (SSSR count). The zero-order valence-corrected chi connectivity index (χ0v) is 17.8. The van der Waals surface area contributed by atoms with Gasteiger partial charge in [0.05, 0.1) is 0 Å². The van der Waals surface area contributed by atoms with E-state index in [0.29, 0.717) is 12.5 Å². The van der Waals surface area contributed by atoms with Crippen LogP contribution in [0.2, 0.25) is 0 Å². The Hall–Kier alpha value is -1.73. The van der Waals surface area contributed by atoms with E-state index in [4.69, 9.17) is 4.99 Å². The number of aliphatic imine (C=N–C) groups is 1. The van der Waals surface area contributed by atoms with Crippen LogP contribution in [0.15, 0.2) is 23.2 Å². The fourth-order valence-electron chi connectivity index (χ4n) is 4.38. The van der Waals surface area contributed by atoms with Gasteiger partial charge in [0.2, 0.25) is 0 Å². The lowest BCUT2D eigenvalue weighted by atomic mass is 9.99. The van der Waals surface area contributed by atoms with E-state index in [1.807, 2.05) is 0 Å². The molecule has 2 unspecified atom stereocenters. The molecule has 1 aromatic carbocycles. The molecule has 2 atom stereocenters. The molecule has 0 spiro atoms. The molecule has 2 fully saturated rings. The monoisotopic (exact) mass is 407 g/mol. The third kappa shape index (κ3) is 6.64. The summed E-state index contributed by atoms with van der Waals surface area (Å²) >= 11 is 0. The molecule has 0 aromatic heterocycles. The van der Waals surface area contributed by atoms with Crippen molar-refractivity contribution in [2.75, 3.05) is 46.3 Å². The Morgan fingerprint density at radius 2 is 1.90 bits per heavy atom. The van der Waals surface area contributed by atoms with Crippen molar-refractivity contribution in [2.45, 2.75) is 45.2 Å². The van der Waals surface area contributed by atoms with Crippen molar-refractivity contribution >= 4 is 5.96 Å². The van der Waals surface area contributed by atoms with Gasteiger partial charge in [0, 0.05) is 44.3 Å². The molecule has 0 amide bonds. The topological polar surface area (TPSA) is 42.9 Å². The summed E-state index contributed by atoms with van der Waals surface area (Å²) in [6.07, 6.45) is 4.51. The van der Waals surface area contributed by atoms with Crippen LogP contribution in [0.1, 0.15) is 38.2 Å². The quantitative estimate of drug-likeness (QED) is 0.562. The molecule has 2 aliphatic rings. The van der Waals surface area contributed by atoms with Crippen molar-refractivity contribution in [1.82, 2.24) is 20.4 Å². The summed E-state index contributed by atoms with van der Waals surface area (Å²) in [4.78, 5) is 9.34. The second kappa shape index (κ2) is 10.9. The number of rotatable bonds is 6. The normalized spacial score (nSPS) is 24.5. The molecule has 0 bridgehead atoms. The highest BCUT2D eigenvalue weighted by Gasteiger charge is 2.23. The van der Waals surface area contributed by atoms with Gasteiger partial charge in [0.15, 0.2) is 5.96 Å². The SMILES string of the molecule is CCNC(=NCC1CCCN(C)C1)NC1CCCN(Cc2c(F)cccc2F)C1. The third-order valence-corrected chi connectivity index (χ3v) is 5.86. The van der Waals surface area contributed by atoms with E-state index >= 15 is 0 Å². The van der Waals surface area contributed by atoms with E-state index < -0.39 is 11.6 Å². The lowest BCUT2D eigenvalue weighted by Gasteiger charge is -2.34. The van der Waals surface area contributed by atoms with Crippen LogP contribution in [-0.2, 0) is 6.54 Å². The van der Waals surface area contributed by atoms with Crippen LogP contribution in [0.4, 0.5) is 8.78 Å². The fraction of sp³-hybridized carbons (Fsp3) is 0.682. The van der Waals surface area contributed by atoms with Gasteiger partial charge >= 0.3 is 0 Å². The van der Waals surface area contributed by atoms with Gasteiger partial charge in [-0.15, -0.1) is 0 Å². The second-order valence-corrected chi connectivity index (χ2v) is 8.41. The Morgan fingerprint density at radius 3 is 2.62 bits per heavy atom. The first-order chi connectivity index (χ1) is 14.0. The van der Waals surface area contributed by atoms with Crippen LogP contribution < -0.4 is 10.6 Å². The summed E-state index contributed by atoms with van der Waals surface area (Å²) in [6, 6.07) is 4.30. The van der Waals surface area contributed by atoms with Crippen molar-refractivity contribution in [3.05, 3.63) is 35.4 Å². The number of likely N-dealkylation sites (tertiary alicyclic amines) is 2. The van der Waals surface area contributed by atoms with E-state index in [-0.39, 0.29) is 11.6 Å². The van der Waals surface area contributed by atoms with Crippen LogP contribution in [-0.4, -0.2) is 68.1 Å². The van der Waals surface area contributed by atoms with Crippen molar-refractivity contribution in [1.29, 1.82) is 0 Å². The maximum atomic E-state index is 14.0. The minimum absolute atomic E-state index is 0.162. The standard InChI is InChI=1S/C22H35F2N5/c1-3-25-22(26-13-17-7-5-11-28(2)14-17)27-18-8-6-12-29(15-18)16-19-20(23)9-4-10-21(19)24/h4,9-10,17-18H,3,5-8,11-16H2,1-2H3,(H2,25,26,27). The van der Waals surface area contributed by atoms with Crippen LogP contribution in [0.5, 0.6) is 0 Å². The lowest BCUT2D eigenvalue weighted by Crippen LogP contribution is -2.51. The molecule has 29 heavy (non-hydrogen) atoms. The van der Waals surface area contributed by atoms with Crippen molar-refractivity contribution in [3.8, 4) is 0 Å². The number of hydrogen-bond acceptors (Lipinski definition) is 3. The molecule has 7 heteroatoms. The third-order valence-electron chi connectivity index (χ3n) is 5.86. The number of nitrogens with zero attached hydrogens (tertiary/aromatic N) is 3. The summed E-state index contributed by atoms with van der Waals surface area (Å²) in [5.74, 6) is 0.528. The number of benzene rings is 1. The molecule has 2 saturated heterocycles. The van der Waals surface area contributed by atoms with Gasteiger partial charge in [-0.25, -0.2) is 8.78 Å². The molecule has 0 saturated carbocycles. The van der Waals surface area contributed by atoms with Crippen molar-refractivity contribution in [3.63, 3.8) is 0 Å². The van der Waals surface area contributed by atoms with Gasteiger partial charge < -0.3 is 15.5 Å². The van der Waals surface area contributed by atoms with E-state index in [0.717, 1.165) is 51.5 Å². The first-order valence-corrected chi connectivity index (χ1v) is 10.9. The Bertz CT molecular complexity index is 661. The number of nitrogens with one attached hydrogen (secondary N) is 2. The Kier molecular flexibility index (Phi) is 8.24.